The van der Waals surface area contributed by atoms with Crippen molar-refractivity contribution >= 4 is 22.8 Å². The van der Waals surface area contributed by atoms with E-state index in [-0.39, 0.29) is 23.7 Å². The van der Waals surface area contributed by atoms with E-state index in [2.05, 4.69) is 4.90 Å². The molecule has 0 N–H and O–H groups in total. The third-order valence-corrected chi connectivity index (χ3v) is 6.42. The molecule has 0 radical (unpaired) electrons. The number of carbonyl (C=O) groups is 1. The summed E-state index contributed by atoms with van der Waals surface area (Å²) in [6.45, 7) is 4.22. The highest BCUT2D eigenvalue weighted by Crippen LogP contribution is 2.31. The molecule has 0 spiro atoms. The van der Waals surface area contributed by atoms with Crippen molar-refractivity contribution in [2.24, 2.45) is 0 Å². The van der Waals surface area contributed by atoms with Crippen LogP contribution in [0.25, 0.3) is 10.9 Å². The van der Waals surface area contributed by atoms with Crippen molar-refractivity contribution in [2.45, 2.75) is 38.1 Å². The van der Waals surface area contributed by atoms with Gasteiger partial charge in [-0.15, -0.1) is 0 Å². The second-order valence-electron chi connectivity index (χ2n) is 8.30. The average Bonchev–Trinajstić information content (AvgIpc) is 3.44. The largest absolute Gasteiger partial charge is 0.340 e. The van der Waals surface area contributed by atoms with E-state index >= 15 is 0 Å². The zero-order chi connectivity index (χ0) is 20.7. The zero-order valence-electron chi connectivity index (χ0n) is 17.1. The highest BCUT2D eigenvalue weighted by Gasteiger charge is 2.38. The van der Waals surface area contributed by atoms with Crippen LogP contribution in [0.2, 0.25) is 0 Å². The van der Waals surface area contributed by atoms with Gasteiger partial charge in [-0.05, 0) is 49.9 Å². The van der Waals surface area contributed by atoms with Crippen molar-refractivity contribution < 1.29 is 9.18 Å². The quantitative estimate of drug-likeness (QED) is 0.661. The predicted molar refractivity (Wildman–Crippen MR) is 115 cm³/mol. The summed E-state index contributed by atoms with van der Waals surface area (Å²) in [4.78, 5) is 26.9. The van der Waals surface area contributed by atoms with Crippen LogP contribution in [0.5, 0.6) is 0 Å². The Morgan fingerprint density at radius 3 is 2.67 bits per heavy atom. The van der Waals surface area contributed by atoms with Crippen LogP contribution in [0.15, 0.2) is 48.5 Å². The molecule has 2 aliphatic rings. The standard InChI is InChI=1S/C24H25FN4O/c1-16-20-5-2-3-6-21(20)27-24(26-16)29-13-4-7-22(29)23(30)28-14-12-18(15-28)17-8-10-19(25)11-9-17/h2-3,5-6,8-11,18,22H,4,7,12-15H2,1H3/t18-,22+/m1/s1. The van der Waals surface area contributed by atoms with Gasteiger partial charge in [0.2, 0.25) is 11.9 Å². The van der Waals surface area contributed by atoms with Gasteiger partial charge in [-0.2, -0.15) is 0 Å². The van der Waals surface area contributed by atoms with E-state index in [1.54, 1.807) is 0 Å². The van der Waals surface area contributed by atoms with E-state index in [4.69, 9.17) is 9.97 Å². The van der Waals surface area contributed by atoms with Crippen LogP contribution in [0.4, 0.5) is 10.3 Å². The molecule has 3 heterocycles. The highest BCUT2D eigenvalue weighted by molar-refractivity contribution is 5.87. The molecule has 2 aromatic carbocycles. The van der Waals surface area contributed by atoms with Crippen LogP contribution in [-0.2, 0) is 4.79 Å². The summed E-state index contributed by atoms with van der Waals surface area (Å²) in [7, 11) is 0. The number of rotatable bonds is 3. The molecule has 2 atom stereocenters. The predicted octanol–water partition coefficient (Wildman–Crippen LogP) is 4.06. The summed E-state index contributed by atoms with van der Waals surface area (Å²) >= 11 is 0. The molecule has 2 saturated heterocycles. The van der Waals surface area contributed by atoms with Crippen molar-refractivity contribution in [3.8, 4) is 0 Å². The van der Waals surface area contributed by atoms with Gasteiger partial charge in [0.15, 0.2) is 0 Å². The number of aryl methyl sites for hydroxylation is 1. The van der Waals surface area contributed by atoms with Crippen LogP contribution >= 0.6 is 0 Å². The SMILES string of the molecule is Cc1nc(N2CCC[C@H]2C(=O)N2CC[C@@H](c3ccc(F)cc3)C2)nc2ccccc12. The van der Waals surface area contributed by atoms with Gasteiger partial charge in [-0.25, -0.2) is 14.4 Å². The fraction of sp³-hybridized carbons (Fsp3) is 0.375. The first-order chi connectivity index (χ1) is 14.6. The maximum absolute atomic E-state index is 13.4. The number of amides is 1. The molecule has 2 fully saturated rings. The molecule has 30 heavy (non-hydrogen) atoms. The Morgan fingerprint density at radius 2 is 1.83 bits per heavy atom. The first-order valence-corrected chi connectivity index (χ1v) is 10.6. The maximum atomic E-state index is 13.4. The van der Waals surface area contributed by atoms with Crippen LogP contribution in [0.1, 0.15) is 36.4 Å². The number of likely N-dealkylation sites (tertiary alicyclic amines) is 1. The third-order valence-electron chi connectivity index (χ3n) is 6.42. The van der Waals surface area contributed by atoms with E-state index in [1.807, 2.05) is 48.2 Å². The van der Waals surface area contributed by atoms with E-state index in [9.17, 15) is 9.18 Å². The molecule has 0 unspecified atom stereocenters. The Hall–Kier alpha value is -3.02. The number of fused-ring (bicyclic) bond motifs is 1. The number of benzene rings is 2. The van der Waals surface area contributed by atoms with E-state index in [0.29, 0.717) is 12.5 Å². The fourth-order valence-corrected chi connectivity index (χ4v) is 4.79. The van der Waals surface area contributed by atoms with E-state index < -0.39 is 0 Å². The normalized spacial score (nSPS) is 21.5. The molecule has 0 aliphatic carbocycles. The number of halogens is 1. The number of anilines is 1. The molecule has 2 aliphatic heterocycles. The molecule has 154 valence electrons. The van der Waals surface area contributed by atoms with Gasteiger partial charge in [0, 0.05) is 30.9 Å². The van der Waals surface area contributed by atoms with Crippen molar-refractivity contribution in [3.05, 3.63) is 65.6 Å². The number of carbonyl (C=O) groups excluding carboxylic acids is 1. The second-order valence-corrected chi connectivity index (χ2v) is 8.30. The molecule has 0 bridgehead atoms. The van der Waals surface area contributed by atoms with Gasteiger partial charge < -0.3 is 9.80 Å². The van der Waals surface area contributed by atoms with Gasteiger partial charge in [0.1, 0.15) is 11.9 Å². The van der Waals surface area contributed by atoms with Crippen LogP contribution in [0.3, 0.4) is 0 Å². The molecule has 1 amide bonds. The Morgan fingerprint density at radius 1 is 1.03 bits per heavy atom. The molecule has 5 nitrogen and oxygen atoms in total. The monoisotopic (exact) mass is 404 g/mol. The number of hydrogen-bond acceptors (Lipinski definition) is 4. The molecule has 3 aromatic rings. The molecule has 1 aromatic heterocycles. The number of para-hydroxylation sites is 1. The Balaban J connectivity index is 1.35. The van der Waals surface area contributed by atoms with E-state index in [1.165, 1.54) is 12.1 Å². The van der Waals surface area contributed by atoms with Gasteiger partial charge in [0.25, 0.3) is 0 Å². The van der Waals surface area contributed by atoms with Crippen LogP contribution in [0, 0.1) is 12.7 Å². The van der Waals surface area contributed by atoms with Crippen molar-refractivity contribution in [2.75, 3.05) is 24.5 Å². The Kier molecular flexibility index (Phi) is 4.85. The first-order valence-electron chi connectivity index (χ1n) is 10.6. The summed E-state index contributed by atoms with van der Waals surface area (Å²) in [5.74, 6) is 0.850. The molecular formula is C24H25FN4O. The summed E-state index contributed by atoms with van der Waals surface area (Å²) in [6.07, 6.45) is 2.70. The van der Waals surface area contributed by atoms with Gasteiger partial charge in [-0.3, -0.25) is 4.79 Å². The van der Waals surface area contributed by atoms with Gasteiger partial charge in [-0.1, -0.05) is 30.3 Å². The molecule has 0 saturated carbocycles. The number of aromatic nitrogens is 2. The smallest absolute Gasteiger partial charge is 0.245 e. The first kappa shape index (κ1) is 19.0. The molecular weight excluding hydrogens is 379 g/mol. The molecule has 6 heteroatoms. The second kappa shape index (κ2) is 7.67. The summed E-state index contributed by atoms with van der Waals surface area (Å²) in [6, 6.07) is 14.4. The maximum Gasteiger partial charge on any atom is 0.245 e. The summed E-state index contributed by atoms with van der Waals surface area (Å²) < 4.78 is 13.2. The summed E-state index contributed by atoms with van der Waals surface area (Å²) in [5.41, 5.74) is 2.95. The van der Waals surface area contributed by atoms with Gasteiger partial charge >= 0.3 is 0 Å². The fourth-order valence-electron chi connectivity index (χ4n) is 4.79. The summed E-state index contributed by atoms with van der Waals surface area (Å²) in [5, 5.41) is 1.05. The zero-order valence-corrected chi connectivity index (χ0v) is 17.1. The number of nitrogens with zero attached hydrogens (tertiary/aromatic N) is 4. The topological polar surface area (TPSA) is 49.3 Å². The minimum absolute atomic E-state index is 0.159. The van der Waals surface area contributed by atoms with Crippen molar-refractivity contribution in [1.29, 1.82) is 0 Å². The highest BCUT2D eigenvalue weighted by atomic mass is 19.1. The lowest BCUT2D eigenvalue weighted by molar-refractivity contribution is -0.131. The lowest BCUT2D eigenvalue weighted by Crippen LogP contribution is -2.45. The third kappa shape index (κ3) is 3.40. The van der Waals surface area contributed by atoms with Crippen molar-refractivity contribution in [1.82, 2.24) is 14.9 Å². The Labute approximate surface area is 175 Å². The lowest BCUT2D eigenvalue weighted by Gasteiger charge is -2.28. The van der Waals surface area contributed by atoms with Crippen LogP contribution in [-0.4, -0.2) is 46.5 Å². The average molecular weight is 404 g/mol. The van der Waals surface area contributed by atoms with Crippen molar-refractivity contribution in [3.63, 3.8) is 0 Å². The van der Waals surface area contributed by atoms with Crippen LogP contribution < -0.4 is 4.90 Å². The minimum Gasteiger partial charge on any atom is -0.340 e. The Bertz CT molecular complexity index is 1080. The lowest BCUT2D eigenvalue weighted by atomic mass is 9.98. The van der Waals surface area contributed by atoms with Gasteiger partial charge in [0.05, 0.1) is 11.2 Å². The molecule has 5 rings (SSSR count). The van der Waals surface area contributed by atoms with E-state index in [0.717, 1.165) is 54.5 Å². The minimum atomic E-state index is -0.225. The number of hydrogen-bond donors (Lipinski definition) is 0.